The largest absolute Gasteiger partial charge is 0.481 e. The van der Waals surface area contributed by atoms with Crippen LogP contribution in [0.3, 0.4) is 0 Å². The number of carboxylic acid groups (broad SMARTS) is 1. The molecule has 0 aromatic heterocycles. The summed E-state index contributed by atoms with van der Waals surface area (Å²) in [5.41, 5.74) is 1.82. The number of aryl methyl sites for hydroxylation is 1. The Balaban J connectivity index is 2.45. The second kappa shape index (κ2) is 7.74. The molecule has 2 N–H and O–H groups in total. The van der Waals surface area contributed by atoms with Crippen molar-refractivity contribution in [3.05, 3.63) is 27.3 Å². The highest BCUT2D eigenvalue weighted by molar-refractivity contribution is 14.1. The Morgan fingerprint density at radius 2 is 2.16 bits per heavy atom. The Labute approximate surface area is 130 Å². The van der Waals surface area contributed by atoms with Crippen molar-refractivity contribution in [2.24, 2.45) is 0 Å². The number of halogens is 1. The van der Waals surface area contributed by atoms with Gasteiger partial charge in [0.2, 0.25) is 5.91 Å². The minimum absolute atomic E-state index is 0.0685. The molecule has 4 nitrogen and oxygen atoms in total. The van der Waals surface area contributed by atoms with Gasteiger partial charge in [-0.1, -0.05) is 6.92 Å². The number of benzene rings is 1. The molecular formula is C13H16INO3S. The standard InChI is InChI=1S/C13H16INO3S/c1-8-5-10(14)3-4-11(8)15-12(16)7-19-9(2)6-13(17)18/h3-5,9H,6-7H2,1-2H3,(H,15,16)(H,17,18). The first-order chi connectivity index (χ1) is 8.88. The Morgan fingerprint density at radius 1 is 1.47 bits per heavy atom. The number of hydrogen-bond donors (Lipinski definition) is 2. The lowest BCUT2D eigenvalue weighted by Gasteiger charge is -2.10. The first kappa shape index (κ1) is 16.3. The van der Waals surface area contributed by atoms with Crippen molar-refractivity contribution >= 4 is 51.9 Å². The molecule has 1 atom stereocenters. The van der Waals surface area contributed by atoms with Gasteiger partial charge in [-0.2, -0.15) is 0 Å². The predicted octanol–water partition coefficient (Wildman–Crippen LogP) is 3.13. The van der Waals surface area contributed by atoms with E-state index in [-0.39, 0.29) is 23.3 Å². The molecule has 1 aromatic rings. The number of carbonyl (C=O) groups is 2. The summed E-state index contributed by atoms with van der Waals surface area (Å²) < 4.78 is 1.12. The van der Waals surface area contributed by atoms with E-state index in [0.29, 0.717) is 0 Å². The molecule has 0 saturated carbocycles. The number of anilines is 1. The lowest BCUT2D eigenvalue weighted by atomic mass is 10.2. The molecular weight excluding hydrogens is 377 g/mol. The fourth-order valence-corrected chi connectivity index (χ4v) is 2.89. The van der Waals surface area contributed by atoms with Gasteiger partial charge in [-0.3, -0.25) is 9.59 Å². The van der Waals surface area contributed by atoms with Gasteiger partial charge in [-0.25, -0.2) is 0 Å². The molecule has 0 aliphatic carbocycles. The van der Waals surface area contributed by atoms with E-state index >= 15 is 0 Å². The van der Waals surface area contributed by atoms with Crippen LogP contribution in [-0.2, 0) is 9.59 Å². The third-order valence-electron chi connectivity index (χ3n) is 2.42. The molecule has 0 heterocycles. The van der Waals surface area contributed by atoms with Crippen molar-refractivity contribution in [1.29, 1.82) is 0 Å². The zero-order valence-corrected chi connectivity index (χ0v) is 13.7. The SMILES string of the molecule is Cc1cc(I)ccc1NC(=O)CSC(C)CC(=O)O. The third-order valence-corrected chi connectivity index (χ3v) is 4.26. The Hall–Kier alpha value is -0.760. The Bertz CT molecular complexity index is 479. The van der Waals surface area contributed by atoms with Gasteiger partial charge in [0.1, 0.15) is 0 Å². The Morgan fingerprint density at radius 3 is 2.74 bits per heavy atom. The van der Waals surface area contributed by atoms with E-state index in [1.165, 1.54) is 11.8 Å². The van der Waals surface area contributed by atoms with Gasteiger partial charge in [-0.05, 0) is 53.3 Å². The summed E-state index contributed by atoms with van der Waals surface area (Å²) in [6, 6.07) is 5.81. The van der Waals surface area contributed by atoms with Crippen LogP contribution in [0.1, 0.15) is 18.9 Å². The first-order valence-corrected chi connectivity index (χ1v) is 7.90. The average Bonchev–Trinajstić information content (AvgIpc) is 2.29. The van der Waals surface area contributed by atoms with Crippen molar-refractivity contribution in [2.75, 3.05) is 11.1 Å². The maximum Gasteiger partial charge on any atom is 0.304 e. The number of nitrogens with one attached hydrogen (secondary N) is 1. The molecule has 0 aliphatic rings. The Kier molecular flexibility index (Phi) is 6.64. The highest BCUT2D eigenvalue weighted by atomic mass is 127. The molecule has 0 bridgehead atoms. The van der Waals surface area contributed by atoms with Gasteiger partial charge in [0.15, 0.2) is 0 Å². The van der Waals surface area contributed by atoms with E-state index in [1.807, 2.05) is 32.0 Å². The van der Waals surface area contributed by atoms with E-state index in [1.54, 1.807) is 0 Å². The number of hydrogen-bond acceptors (Lipinski definition) is 3. The summed E-state index contributed by atoms with van der Waals surface area (Å²) in [4.78, 5) is 22.3. The molecule has 6 heteroatoms. The van der Waals surface area contributed by atoms with Gasteiger partial charge in [0.05, 0.1) is 12.2 Å². The van der Waals surface area contributed by atoms with Crippen molar-refractivity contribution < 1.29 is 14.7 Å². The summed E-state index contributed by atoms with van der Waals surface area (Å²) in [7, 11) is 0. The van der Waals surface area contributed by atoms with E-state index in [2.05, 4.69) is 27.9 Å². The summed E-state index contributed by atoms with van der Waals surface area (Å²) >= 11 is 3.57. The molecule has 0 spiro atoms. The summed E-state index contributed by atoms with van der Waals surface area (Å²) in [6.07, 6.45) is 0.0699. The van der Waals surface area contributed by atoms with Crippen molar-refractivity contribution in [2.45, 2.75) is 25.5 Å². The van der Waals surface area contributed by atoms with Crippen LogP contribution in [0.5, 0.6) is 0 Å². The van der Waals surface area contributed by atoms with Gasteiger partial charge < -0.3 is 10.4 Å². The zero-order valence-electron chi connectivity index (χ0n) is 10.8. The lowest BCUT2D eigenvalue weighted by molar-refractivity contribution is -0.136. The minimum atomic E-state index is -0.839. The van der Waals surface area contributed by atoms with E-state index < -0.39 is 5.97 Å². The number of carboxylic acids is 1. The second-order valence-corrected chi connectivity index (χ2v) is 6.90. The first-order valence-electron chi connectivity index (χ1n) is 5.78. The van der Waals surface area contributed by atoms with Crippen LogP contribution in [0.15, 0.2) is 18.2 Å². The van der Waals surface area contributed by atoms with E-state index in [9.17, 15) is 9.59 Å². The minimum Gasteiger partial charge on any atom is -0.481 e. The molecule has 104 valence electrons. The van der Waals surface area contributed by atoms with Crippen LogP contribution < -0.4 is 5.32 Å². The van der Waals surface area contributed by atoms with Crippen LogP contribution in [0.25, 0.3) is 0 Å². The fraction of sp³-hybridized carbons (Fsp3) is 0.385. The van der Waals surface area contributed by atoms with Crippen molar-refractivity contribution in [3.63, 3.8) is 0 Å². The van der Waals surface area contributed by atoms with Crippen LogP contribution in [0, 0.1) is 10.5 Å². The van der Waals surface area contributed by atoms with Gasteiger partial charge >= 0.3 is 5.97 Å². The van der Waals surface area contributed by atoms with Crippen molar-refractivity contribution in [1.82, 2.24) is 0 Å². The number of carbonyl (C=O) groups excluding carboxylic acids is 1. The predicted molar refractivity (Wildman–Crippen MR) is 86.7 cm³/mol. The summed E-state index contributed by atoms with van der Waals surface area (Å²) in [5, 5.41) is 11.4. The summed E-state index contributed by atoms with van der Waals surface area (Å²) in [5.74, 6) is -0.680. The van der Waals surface area contributed by atoms with Gasteiger partial charge in [0, 0.05) is 14.5 Å². The monoisotopic (exact) mass is 393 g/mol. The lowest BCUT2D eigenvalue weighted by Crippen LogP contribution is -2.17. The summed E-state index contributed by atoms with van der Waals surface area (Å²) in [6.45, 7) is 3.75. The molecule has 19 heavy (non-hydrogen) atoms. The van der Waals surface area contributed by atoms with Crippen LogP contribution in [-0.4, -0.2) is 28.0 Å². The van der Waals surface area contributed by atoms with Gasteiger partial charge in [-0.15, -0.1) is 11.8 Å². The molecule has 1 unspecified atom stereocenters. The van der Waals surface area contributed by atoms with Crippen LogP contribution in [0.4, 0.5) is 5.69 Å². The highest BCUT2D eigenvalue weighted by Crippen LogP contribution is 2.19. The molecule has 0 fully saturated rings. The molecule has 1 aromatic carbocycles. The maximum absolute atomic E-state index is 11.8. The molecule has 1 amide bonds. The van der Waals surface area contributed by atoms with Crippen LogP contribution in [0.2, 0.25) is 0 Å². The smallest absolute Gasteiger partial charge is 0.304 e. The van der Waals surface area contributed by atoms with E-state index in [0.717, 1.165) is 14.8 Å². The number of rotatable bonds is 6. The molecule has 0 aliphatic heterocycles. The van der Waals surface area contributed by atoms with Crippen LogP contribution >= 0.6 is 34.4 Å². The zero-order chi connectivity index (χ0) is 14.4. The molecule has 0 radical (unpaired) electrons. The molecule has 1 rings (SSSR count). The number of thioether (sulfide) groups is 1. The topological polar surface area (TPSA) is 66.4 Å². The third kappa shape index (κ3) is 6.29. The van der Waals surface area contributed by atoms with E-state index in [4.69, 9.17) is 5.11 Å². The second-order valence-electron chi connectivity index (χ2n) is 4.23. The number of amides is 1. The quantitative estimate of drug-likeness (QED) is 0.729. The average molecular weight is 393 g/mol. The fourth-order valence-electron chi connectivity index (χ4n) is 1.48. The maximum atomic E-state index is 11.8. The van der Waals surface area contributed by atoms with Gasteiger partial charge in [0.25, 0.3) is 0 Å². The normalized spacial score (nSPS) is 11.9. The number of aliphatic carboxylic acids is 1. The van der Waals surface area contributed by atoms with Crippen molar-refractivity contribution in [3.8, 4) is 0 Å². The molecule has 0 saturated heterocycles. The highest BCUT2D eigenvalue weighted by Gasteiger charge is 2.11.